The Labute approximate surface area is 229 Å². The van der Waals surface area contributed by atoms with Gasteiger partial charge in [-0.05, 0) is 56.2 Å². The van der Waals surface area contributed by atoms with E-state index in [9.17, 15) is 24.3 Å². The number of amides is 3. The van der Waals surface area contributed by atoms with Crippen LogP contribution in [-0.4, -0.2) is 75.9 Å². The number of carboxylic acid groups (broad SMARTS) is 1. The molecular formula is C28H42N6O5. The molecule has 1 aliphatic rings. The maximum absolute atomic E-state index is 13.9. The number of aromatic amines is 1. The number of likely N-dealkylation sites (tertiary alicyclic amines) is 1. The first-order valence-electron chi connectivity index (χ1n) is 13.8. The molecule has 39 heavy (non-hydrogen) atoms. The van der Waals surface area contributed by atoms with Crippen molar-refractivity contribution in [3.63, 3.8) is 0 Å². The Morgan fingerprint density at radius 2 is 1.87 bits per heavy atom. The third kappa shape index (κ3) is 8.03. The fraction of sp³-hybridized carbons (Fsp3) is 0.571. The van der Waals surface area contributed by atoms with Crippen molar-refractivity contribution in [3.05, 3.63) is 36.0 Å². The molecule has 2 heterocycles. The average Bonchev–Trinajstić information content (AvgIpc) is 3.55. The van der Waals surface area contributed by atoms with Crippen LogP contribution in [0.1, 0.15) is 57.9 Å². The van der Waals surface area contributed by atoms with Crippen molar-refractivity contribution >= 4 is 34.6 Å². The first-order valence-corrected chi connectivity index (χ1v) is 13.8. The summed E-state index contributed by atoms with van der Waals surface area (Å²) < 4.78 is 0. The number of unbranched alkanes of at least 4 members (excludes halogenated alkanes) is 1. The lowest BCUT2D eigenvalue weighted by atomic mass is 10.0. The monoisotopic (exact) mass is 542 g/mol. The zero-order chi connectivity index (χ0) is 28.5. The Hall–Kier alpha value is -3.44. The number of benzene rings is 1. The lowest BCUT2D eigenvalue weighted by Gasteiger charge is -2.30. The summed E-state index contributed by atoms with van der Waals surface area (Å²) in [5.41, 5.74) is 13.4. The van der Waals surface area contributed by atoms with Gasteiger partial charge in [-0.2, -0.15) is 0 Å². The number of fused-ring (bicyclic) bond motifs is 1. The minimum absolute atomic E-state index is 0.0672. The lowest BCUT2D eigenvalue weighted by Crippen LogP contribution is -2.57. The summed E-state index contributed by atoms with van der Waals surface area (Å²) in [7, 11) is 0. The van der Waals surface area contributed by atoms with Crippen molar-refractivity contribution in [3.8, 4) is 0 Å². The molecule has 4 atom stereocenters. The summed E-state index contributed by atoms with van der Waals surface area (Å²) in [6.45, 7) is 4.61. The number of H-pyrrole nitrogens is 1. The van der Waals surface area contributed by atoms with E-state index in [1.54, 1.807) is 0 Å². The zero-order valence-corrected chi connectivity index (χ0v) is 22.8. The number of aromatic nitrogens is 1. The van der Waals surface area contributed by atoms with Gasteiger partial charge in [0.25, 0.3) is 0 Å². The molecule has 0 aliphatic carbocycles. The summed E-state index contributed by atoms with van der Waals surface area (Å²) in [6, 6.07) is 4.09. The molecule has 0 saturated carbocycles. The highest BCUT2D eigenvalue weighted by Crippen LogP contribution is 2.23. The molecule has 1 aromatic carbocycles. The topological polar surface area (TPSA) is 184 Å². The summed E-state index contributed by atoms with van der Waals surface area (Å²) in [5, 5.41) is 16.0. The van der Waals surface area contributed by atoms with Crippen molar-refractivity contribution in [1.29, 1.82) is 0 Å². The summed E-state index contributed by atoms with van der Waals surface area (Å²) in [5.74, 6) is -2.37. The van der Waals surface area contributed by atoms with Crippen LogP contribution in [0.15, 0.2) is 30.5 Å². The second kappa shape index (κ2) is 14.1. The van der Waals surface area contributed by atoms with Crippen LogP contribution in [0, 0.1) is 5.92 Å². The highest BCUT2D eigenvalue weighted by molar-refractivity contribution is 5.95. The van der Waals surface area contributed by atoms with Gasteiger partial charge in [0.05, 0.1) is 6.04 Å². The van der Waals surface area contributed by atoms with Gasteiger partial charge in [0, 0.05) is 30.1 Å². The number of nitrogens with two attached hydrogens (primary N) is 2. The standard InChI is InChI=1S/C28H42N6O5/c1-17(2)14-23(28(38)39)33-26(36)24-11-7-13-34(24)27(37)22(32-25(35)20(30)9-5-6-12-29)15-18-16-31-21-10-4-3-8-19(18)21/h3-4,8,10,16-17,20,22-24,31H,5-7,9,11-15,29-30H2,1-2H3,(H,32,35)(H,33,36)(H,38,39). The zero-order valence-electron chi connectivity index (χ0n) is 22.8. The number of nitrogens with zero attached hydrogens (tertiary/aromatic N) is 1. The highest BCUT2D eigenvalue weighted by Gasteiger charge is 2.39. The van der Waals surface area contributed by atoms with Gasteiger partial charge in [-0.25, -0.2) is 4.79 Å². The predicted molar refractivity (Wildman–Crippen MR) is 149 cm³/mol. The number of nitrogens with one attached hydrogen (secondary N) is 3. The fourth-order valence-corrected chi connectivity index (χ4v) is 5.10. The second-order valence-corrected chi connectivity index (χ2v) is 10.7. The molecule has 214 valence electrons. The van der Waals surface area contributed by atoms with E-state index in [2.05, 4.69) is 15.6 Å². The first-order chi connectivity index (χ1) is 18.6. The third-order valence-corrected chi connectivity index (χ3v) is 7.18. The van der Waals surface area contributed by atoms with Crippen LogP contribution in [0.5, 0.6) is 0 Å². The molecule has 2 aromatic rings. The van der Waals surface area contributed by atoms with Crippen molar-refractivity contribution in [2.24, 2.45) is 17.4 Å². The smallest absolute Gasteiger partial charge is 0.326 e. The highest BCUT2D eigenvalue weighted by atomic mass is 16.4. The van der Waals surface area contributed by atoms with Crippen molar-refractivity contribution in [2.75, 3.05) is 13.1 Å². The van der Waals surface area contributed by atoms with Gasteiger partial charge in [-0.1, -0.05) is 38.5 Å². The molecule has 0 bridgehead atoms. The molecule has 11 heteroatoms. The molecule has 3 rings (SSSR count). The quantitative estimate of drug-likeness (QED) is 0.194. The first kappa shape index (κ1) is 30.1. The van der Waals surface area contributed by atoms with Crippen LogP contribution in [0.4, 0.5) is 0 Å². The fourth-order valence-electron chi connectivity index (χ4n) is 5.10. The summed E-state index contributed by atoms with van der Waals surface area (Å²) in [6.07, 6.45) is 5.20. The van der Waals surface area contributed by atoms with Gasteiger partial charge in [0.15, 0.2) is 0 Å². The Kier molecular flexibility index (Phi) is 10.9. The van der Waals surface area contributed by atoms with Crippen molar-refractivity contribution in [2.45, 2.75) is 83.0 Å². The molecule has 8 N–H and O–H groups in total. The number of aliphatic carboxylic acids is 1. The Balaban J connectivity index is 1.81. The number of carbonyl (C=O) groups is 4. The third-order valence-electron chi connectivity index (χ3n) is 7.18. The minimum atomic E-state index is -1.11. The van der Waals surface area contributed by atoms with Gasteiger partial charge in [-0.3, -0.25) is 14.4 Å². The number of rotatable bonds is 14. The number of carbonyl (C=O) groups excluding carboxylic acids is 3. The average molecular weight is 543 g/mol. The molecule has 1 aliphatic heterocycles. The number of hydrogen-bond donors (Lipinski definition) is 6. The molecular weight excluding hydrogens is 500 g/mol. The SMILES string of the molecule is CC(C)CC(NC(=O)C1CCCN1C(=O)C(Cc1c[nH]c2ccccc12)NC(=O)C(N)CCCCN)C(=O)O. The van der Waals surface area contributed by atoms with Gasteiger partial charge < -0.3 is 37.1 Å². The van der Waals surface area contributed by atoms with E-state index in [-0.39, 0.29) is 18.8 Å². The van der Waals surface area contributed by atoms with Gasteiger partial charge in [-0.15, -0.1) is 0 Å². The van der Waals surface area contributed by atoms with Gasteiger partial charge >= 0.3 is 5.97 Å². The molecule has 4 unspecified atom stereocenters. The maximum atomic E-state index is 13.9. The predicted octanol–water partition coefficient (Wildman–Crippen LogP) is 1.26. The minimum Gasteiger partial charge on any atom is -0.480 e. The summed E-state index contributed by atoms with van der Waals surface area (Å²) in [4.78, 5) is 56.4. The number of hydrogen-bond acceptors (Lipinski definition) is 6. The van der Waals surface area contributed by atoms with E-state index in [0.717, 1.165) is 22.9 Å². The van der Waals surface area contributed by atoms with Crippen LogP contribution >= 0.6 is 0 Å². The molecule has 1 fully saturated rings. The second-order valence-electron chi connectivity index (χ2n) is 10.7. The molecule has 1 aromatic heterocycles. The van der Waals surface area contributed by atoms with Crippen LogP contribution in [0.25, 0.3) is 10.9 Å². The van der Waals surface area contributed by atoms with Crippen LogP contribution in [0.3, 0.4) is 0 Å². The Bertz CT molecular complexity index is 1150. The van der Waals surface area contributed by atoms with Crippen molar-refractivity contribution < 1.29 is 24.3 Å². The van der Waals surface area contributed by atoms with Crippen molar-refractivity contribution in [1.82, 2.24) is 20.5 Å². The molecule has 3 amide bonds. The van der Waals surface area contributed by atoms with E-state index in [4.69, 9.17) is 11.5 Å². The van der Waals surface area contributed by atoms with Gasteiger partial charge in [0.1, 0.15) is 18.1 Å². The number of carboxylic acids is 1. The largest absolute Gasteiger partial charge is 0.480 e. The lowest BCUT2D eigenvalue weighted by molar-refractivity contribution is -0.145. The van der Waals surface area contributed by atoms with Gasteiger partial charge in [0.2, 0.25) is 17.7 Å². The summed E-state index contributed by atoms with van der Waals surface area (Å²) >= 11 is 0. The molecule has 0 radical (unpaired) electrons. The van der Waals surface area contributed by atoms with E-state index < -0.39 is 47.9 Å². The normalized spacial score (nSPS) is 17.7. The van der Waals surface area contributed by atoms with Crippen LogP contribution in [0.2, 0.25) is 0 Å². The van der Waals surface area contributed by atoms with E-state index in [1.165, 1.54) is 4.90 Å². The molecule has 11 nitrogen and oxygen atoms in total. The Morgan fingerprint density at radius 3 is 2.56 bits per heavy atom. The van der Waals surface area contributed by atoms with Crippen LogP contribution in [-0.2, 0) is 25.6 Å². The molecule has 1 saturated heterocycles. The van der Waals surface area contributed by atoms with Crippen LogP contribution < -0.4 is 22.1 Å². The van der Waals surface area contributed by atoms with E-state index >= 15 is 0 Å². The van der Waals surface area contributed by atoms with E-state index in [1.807, 2.05) is 44.3 Å². The Morgan fingerprint density at radius 1 is 1.13 bits per heavy atom. The molecule has 0 spiro atoms. The maximum Gasteiger partial charge on any atom is 0.326 e. The number of para-hydroxylation sites is 1. The van der Waals surface area contributed by atoms with E-state index in [0.29, 0.717) is 38.8 Å².